The van der Waals surface area contributed by atoms with Gasteiger partial charge in [-0.25, -0.2) is 9.59 Å². The van der Waals surface area contributed by atoms with Crippen molar-refractivity contribution < 1.29 is 33.6 Å². The number of nitrogens with one attached hydrogen (secondary N) is 1. The van der Waals surface area contributed by atoms with E-state index in [-0.39, 0.29) is 53.5 Å². The zero-order valence-electron chi connectivity index (χ0n) is 21.2. The van der Waals surface area contributed by atoms with Crippen molar-refractivity contribution in [2.75, 3.05) is 46.4 Å². The maximum Gasteiger partial charge on any atom is 0.410 e. The van der Waals surface area contributed by atoms with E-state index >= 15 is 0 Å². The topological polar surface area (TPSA) is 116 Å². The Labute approximate surface area is 206 Å². The average Bonchev–Trinajstić information content (AvgIpc) is 3.70. The molecular formula is C25H39N3O7. The minimum absolute atomic E-state index is 0.0105. The first-order valence-corrected chi connectivity index (χ1v) is 12.8. The number of nitrogens with zero attached hydrogens (tertiary/aromatic N) is 2. The van der Waals surface area contributed by atoms with Crippen LogP contribution in [0.5, 0.6) is 0 Å². The van der Waals surface area contributed by atoms with E-state index in [9.17, 15) is 14.7 Å². The lowest BCUT2D eigenvalue weighted by atomic mass is 9.68. The van der Waals surface area contributed by atoms with E-state index in [0.717, 1.165) is 12.8 Å². The highest BCUT2D eigenvalue weighted by atomic mass is 16.6. The molecule has 1 spiro atoms. The van der Waals surface area contributed by atoms with Gasteiger partial charge in [-0.2, -0.15) is 0 Å². The maximum absolute atomic E-state index is 13.0. The van der Waals surface area contributed by atoms with Crippen LogP contribution in [0, 0.1) is 11.8 Å². The number of piperazine rings is 1. The van der Waals surface area contributed by atoms with Crippen LogP contribution in [-0.4, -0.2) is 109 Å². The van der Waals surface area contributed by atoms with Gasteiger partial charge in [0.15, 0.2) is 0 Å². The summed E-state index contributed by atoms with van der Waals surface area (Å²) in [5, 5.41) is 12.8. The normalized spacial score (nSPS) is 40.7. The van der Waals surface area contributed by atoms with Crippen LogP contribution in [0.2, 0.25) is 0 Å². The molecule has 35 heavy (non-hydrogen) atoms. The van der Waals surface area contributed by atoms with Crippen LogP contribution in [0.1, 0.15) is 40.0 Å². The Balaban J connectivity index is 1.20. The van der Waals surface area contributed by atoms with Crippen LogP contribution in [0.3, 0.4) is 0 Å². The van der Waals surface area contributed by atoms with E-state index in [2.05, 4.69) is 32.2 Å². The predicted molar refractivity (Wildman–Crippen MR) is 126 cm³/mol. The minimum Gasteiger partial charge on any atom is -0.465 e. The van der Waals surface area contributed by atoms with Gasteiger partial charge >= 0.3 is 12.2 Å². The van der Waals surface area contributed by atoms with Crippen molar-refractivity contribution in [2.45, 2.75) is 75.6 Å². The summed E-state index contributed by atoms with van der Waals surface area (Å²) in [6.07, 6.45) is 2.73. The van der Waals surface area contributed by atoms with Gasteiger partial charge in [-0.05, 0) is 40.0 Å². The highest BCUT2D eigenvalue weighted by Gasteiger charge is 2.72. The molecular weight excluding hydrogens is 454 g/mol. The fraction of sp³-hybridized carbons (Fsp3) is 0.840. The monoisotopic (exact) mass is 493 g/mol. The van der Waals surface area contributed by atoms with Gasteiger partial charge in [-0.15, -0.1) is 0 Å². The smallest absolute Gasteiger partial charge is 0.410 e. The van der Waals surface area contributed by atoms with Crippen molar-refractivity contribution in [3.8, 4) is 0 Å². The third kappa shape index (κ3) is 4.54. The van der Waals surface area contributed by atoms with Gasteiger partial charge < -0.3 is 39.2 Å². The van der Waals surface area contributed by atoms with E-state index < -0.39 is 6.09 Å². The minimum atomic E-state index is -0.899. The van der Waals surface area contributed by atoms with Crippen LogP contribution in [-0.2, 0) is 18.9 Å². The number of likely N-dealkylation sites (tertiary alicyclic amines) is 1. The number of rotatable bonds is 6. The van der Waals surface area contributed by atoms with Crippen LogP contribution in [0.4, 0.5) is 9.59 Å². The standard InChI is InChI=1S/C25H39N3O7/c1-15(2)5-6-19-24(3,35-19)21-20(32-4)18(7-8-25(21)14-33-25)34-23(31)27-12-16(13-27)17-11-26-9-10-28(17)22(29)30/h5,16-21,26H,6-14H2,1-4H3,(H,29,30)/t17?,18-,19-,20-,21-,24+,25+/m1/s1. The molecule has 1 aliphatic carbocycles. The molecule has 4 saturated heterocycles. The molecule has 4 aliphatic heterocycles. The van der Waals surface area contributed by atoms with Gasteiger partial charge in [0.1, 0.15) is 23.4 Å². The Morgan fingerprint density at radius 2 is 2.03 bits per heavy atom. The number of epoxide rings is 2. The first-order chi connectivity index (χ1) is 16.7. The maximum atomic E-state index is 13.0. The molecule has 1 saturated carbocycles. The molecule has 0 aromatic carbocycles. The summed E-state index contributed by atoms with van der Waals surface area (Å²) in [4.78, 5) is 27.8. The molecule has 5 rings (SSSR count). The second kappa shape index (κ2) is 9.21. The van der Waals surface area contributed by atoms with Crippen molar-refractivity contribution in [1.82, 2.24) is 15.1 Å². The molecule has 10 nitrogen and oxygen atoms in total. The first-order valence-electron chi connectivity index (χ1n) is 12.8. The van der Waals surface area contributed by atoms with Gasteiger partial charge in [0, 0.05) is 45.8 Å². The molecule has 7 atom stereocenters. The van der Waals surface area contributed by atoms with Crippen molar-refractivity contribution in [3.63, 3.8) is 0 Å². The summed E-state index contributed by atoms with van der Waals surface area (Å²) in [5.41, 5.74) is 0.640. The Morgan fingerprint density at radius 1 is 1.29 bits per heavy atom. The molecule has 5 aliphatic rings. The molecule has 0 aromatic rings. The number of allylic oxidation sites excluding steroid dienone is 1. The summed E-state index contributed by atoms with van der Waals surface area (Å²) in [6, 6.07) is -0.118. The lowest BCUT2D eigenvalue weighted by Gasteiger charge is -2.48. The molecule has 5 fully saturated rings. The molecule has 0 bridgehead atoms. The molecule has 4 heterocycles. The highest BCUT2D eigenvalue weighted by Crippen LogP contribution is 2.59. The van der Waals surface area contributed by atoms with E-state index in [4.69, 9.17) is 18.9 Å². The number of carbonyl (C=O) groups excluding carboxylic acids is 1. The number of amides is 2. The molecule has 0 aromatic heterocycles. The van der Waals surface area contributed by atoms with E-state index in [1.807, 2.05) is 0 Å². The van der Waals surface area contributed by atoms with Gasteiger partial charge in [0.25, 0.3) is 0 Å². The number of methoxy groups -OCH3 is 1. The van der Waals surface area contributed by atoms with Crippen molar-refractivity contribution >= 4 is 12.2 Å². The number of hydrogen-bond donors (Lipinski definition) is 2. The van der Waals surface area contributed by atoms with Crippen LogP contribution < -0.4 is 5.32 Å². The average molecular weight is 494 g/mol. The lowest BCUT2D eigenvalue weighted by Crippen LogP contribution is -2.65. The van der Waals surface area contributed by atoms with Crippen molar-refractivity contribution in [1.29, 1.82) is 0 Å². The Morgan fingerprint density at radius 3 is 2.66 bits per heavy atom. The second-order valence-corrected chi connectivity index (χ2v) is 11.2. The highest BCUT2D eigenvalue weighted by molar-refractivity contribution is 5.69. The van der Waals surface area contributed by atoms with Crippen LogP contribution in [0.15, 0.2) is 11.6 Å². The number of carboxylic acid groups (broad SMARTS) is 1. The van der Waals surface area contributed by atoms with Gasteiger partial charge in [0.05, 0.1) is 24.7 Å². The van der Waals surface area contributed by atoms with Gasteiger partial charge in [0.2, 0.25) is 0 Å². The number of hydrogen-bond acceptors (Lipinski definition) is 7. The molecule has 2 amide bonds. The second-order valence-electron chi connectivity index (χ2n) is 11.2. The lowest BCUT2D eigenvalue weighted by molar-refractivity contribution is -0.125. The molecule has 2 N–H and O–H groups in total. The quantitative estimate of drug-likeness (QED) is 0.427. The Kier molecular flexibility index (Phi) is 6.52. The largest absolute Gasteiger partial charge is 0.465 e. The summed E-state index contributed by atoms with van der Waals surface area (Å²) in [6.45, 7) is 9.74. The SMILES string of the molecule is CO[C@@H]1[C@H](OC(=O)N2CC(C3CNCCN3C(=O)O)C2)CC[C@]2(CO2)[C@H]1[C@@]1(C)O[C@@H]1CC=C(C)C. The van der Waals surface area contributed by atoms with Gasteiger partial charge in [-0.1, -0.05) is 11.6 Å². The van der Waals surface area contributed by atoms with E-state index in [1.165, 1.54) is 10.5 Å². The zero-order valence-corrected chi connectivity index (χ0v) is 21.2. The fourth-order valence-corrected chi connectivity index (χ4v) is 6.56. The van der Waals surface area contributed by atoms with E-state index in [1.54, 1.807) is 12.0 Å². The number of ether oxygens (including phenoxy) is 4. The summed E-state index contributed by atoms with van der Waals surface area (Å²) in [5.74, 6) is 0.102. The zero-order chi connectivity index (χ0) is 25.0. The molecule has 1 unspecified atom stereocenters. The third-order valence-electron chi connectivity index (χ3n) is 8.73. The molecule has 196 valence electrons. The fourth-order valence-electron chi connectivity index (χ4n) is 6.56. The van der Waals surface area contributed by atoms with E-state index in [0.29, 0.717) is 45.8 Å². The first kappa shape index (κ1) is 24.8. The predicted octanol–water partition coefficient (Wildman–Crippen LogP) is 2.08. The molecule has 10 heteroatoms. The third-order valence-corrected chi connectivity index (χ3v) is 8.73. The van der Waals surface area contributed by atoms with Gasteiger partial charge in [-0.3, -0.25) is 0 Å². The summed E-state index contributed by atoms with van der Waals surface area (Å²) < 4.78 is 24.2. The van der Waals surface area contributed by atoms with Crippen molar-refractivity contribution in [2.24, 2.45) is 11.8 Å². The van der Waals surface area contributed by atoms with Crippen LogP contribution in [0.25, 0.3) is 0 Å². The molecule has 0 radical (unpaired) electrons. The number of carbonyl (C=O) groups is 2. The summed E-state index contributed by atoms with van der Waals surface area (Å²) in [7, 11) is 1.67. The van der Waals surface area contributed by atoms with Crippen LogP contribution >= 0.6 is 0 Å². The summed E-state index contributed by atoms with van der Waals surface area (Å²) >= 11 is 0. The Hall–Kier alpha value is -1.88. The Bertz CT molecular complexity index is 867. The van der Waals surface area contributed by atoms with Crippen molar-refractivity contribution in [3.05, 3.63) is 11.6 Å².